The first-order valence-electron chi connectivity index (χ1n) is 11.7. The third-order valence-corrected chi connectivity index (χ3v) is 5.73. The molecule has 1 aromatic heterocycles. The number of carbonyl (C=O) groups excluding carboxylic acids is 2. The van der Waals surface area contributed by atoms with E-state index in [9.17, 15) is 9.59 Å². The molecule has 0 radical (unpaired) electrons. The summed E-state index contributed by atoms with van der Waals surface area (Å²) in [7, 11) is 2.04. The maximum atomic E-state index is 12.4. The van der Waals surface area contributed by atoms with Gasteiger partial charge in [-0.15, -0.1) is 4.37 Å². The number of nitrogens with one attached hydrogen (secondary N) is 1. The van der Waals surface area contributed by atoms with Crippen molar-refractivity contribution in [1.29, 1.82) is 0 Å². The first kappa shape index (κ1) is 30.6. The molecule has 0 aliphatic carbocycles. The van der Waals surface area contributed by atoms with Gasteiger partial charge in [-0.05, 0) is 34.1 Å². The van der Waals surface area contributed by atoms with Crippen molar-refractivity contribution in [3.05, 3.63) is 11.8 Å². The number of unbranched alkanes of at least 4 members (excludes halogenated alkanes) is 3. The molecular formula is C23H39IN4O5S. The highest BCUT2D eigenvalue weighted by molar-refractivity contribution is 6.99. The zero-order chi connectivity index (χ0) is 24.5. The molecule has 1 amide bonds. The van der Waals surface area contributed by atoms with Crippen molar-refractivity contribution in [2.75, 3.05) is 33.5 Å². The molecule has 0 bridgehead atoms. The number of likely N-dealkylation sites (N-methyl/N-ethyl adjacent to an activating group) is 1. The Morgan fingerprint density at radius 3 is 2.65 bits per heavy atom. The number of nitrogens with zero attached hydrogens (tertiary/aromatic N) is 3. The van der Waals surface area contributed by atoms with E-state index in [1.807, 2.05) is 7.05 Å². The van der Waals surface area contributed by atoms with Gasteiger partial charge in [0.1, 0.15) is 23.9 Å². The molecule has 2 atom stereocenters. The van der Waals surface area contributed by atoms with E-state index in [4.69, 9.17) is 14.2 Å². The Balaban J connectivity index is 0.00000578. The number of hydrogen-bond donors (Lipinski definition) is 1. The number of esters is 1. The molecule has 0 saturated heterocycles. The SMILES string of the molecule is CCCCCCOc1nsnc1C1=CCC[N+](C)(COC(=O)[C@H](C)NC(=O)OC(C)(C)C)C1.[I-]. The van der Waals surface area contributed by atoms with Gasteiger partial charge in [0.2, 0.25) is 6.73 Å². The number of quaternary nitrogens is 1. The van der Waals surface area contributed by atoms with Crippen LogP contribution in [0.2, 0.25) is 0 Å². The number of amides is 1. The van der Waals surface area contributed by atoms with Crippen molar-refractivity contribution in [1.82, 2.24) is 14.1 Å². The molecule has 194 valence electrons. The fourth-order valence-electron chi connectivity index (χ4n) is 3.44. The third kappa shape index (κ3) is 10.4. The Morgan fingerprint density at radius 2 is 1.97 bits per heavy atom. The van der Waals surface area contributed by atoms with Crippen molar-refractivity contribution in [3.8, 4) is 5.88 Å². The number of hydrogen-bond acceptors (Lipinski definition) is 8. The van der Waals surface area contributed by atoms with E-state index in [-0.39, 0.29) is 30.7 Å². The molecular weight excluding hydrogens is 571 g/mol. The van der Waals surface area contributed by atoms with Crippen LogP contribution in [-0.4, -0.2) is 70.4 Å². The van der Waals surface area contributed by atoms with E-state index >= 15 is 0 Å². The van der Waals surface area contributed by atoms with Crippen LogP contribution in [0.3, 0.4) is 0 Å². The summed E-state index contributed by atoms with van der Waals surface area (Å²) in [5.74, 6) is 0.0890. The minimum atomic E-state index is -0.804. The van der Waals surface area contributed by atoms with Crippen LogP contribution < -0.4 is 34.0 Å². The average Bonchev–Trinajstić information content (AvgIpc) is 3.19. The zero-order valence-electron chi connectivity index (χ0n) is 21.2. The van der Waals surface area contributed by atoms with E-state index in [1.165, 1.54) is 12.8 Å². The summed E-state index contributed by atoms with van der Waals surface area (Å²) >= 11 is 1.15. The molecule has 1 aliphatic rings. The van der Waals surface area contributed by atoms with Crippen LogP contribution in [0.25, 0.3) is 5.57 Å². The lowest BCUT2D eigenvalue weighted by Crippen LogP contribution is -3.00. The smallest absolute Gasteiger partial charge is 0.408 e. The van der Waals surface area contributed by atoms with E-state index in [2.05, 4.69) is 27.1 Å². The summed E-state index contributed by atoms with van der Waals surface area (Å²) in [5, 5.41) is 2.52. The Bertz CT molecular complexity index is 827. The molecule has 0 spiro atoms. The molecule has 1 unspecified atom stereocenters. The van der Waals surface area contributed by atoms with Gasteiger partial charge < -0.3 is 43.5 Å². The van der Waals surface area contributed by atoms with Gasteiger partial charge in [-0.1, -0.05) is 32.3 Å². The van der Waals surface area contributed by atoms with Gasteiger partial charge in [0.05, 0.1) is 31.9 Å². The molecule has 2 rings (SSSR count). The lowest BCUT2D eigenvalue weighted by Gasteiger charge is -2.36. The van der Waals surface area contributed by atoms with E-state index in [0.29, 0.717) is 23.5 Å². The number of carbonyl (C=O) groups is 2. The minimum Gasteiger partial charge on any atom is -1.00 e. The van der Waals surface area contributed by atoms with Crippen LogP contribution in [-0.2, 0) is 14.3 Å². The van der Waals surface area contributed by atoms with Crippen molar-refractivity contribution in [2.45, 2.75) is 78.4 Å². The fourth-order valence-corrected chi connectivity index (χ4v) is 3.97. The van der Waals surface area contributed by atoms with Crippen LogP contribution in [0.1, 0.15) is 72.4 Å². The first-order valence-corrected chi connectivity index (χ1v) is 12.4. The number of halogens is 1. The van der Waals surface area contributed by atoms with Gasteiger partial charge in [0.25, 0.3) is 5.88 Å². The maximum Gasteiger partial charge on any atom is 0.408 e. The molecule has 34 heavy (non-hydrogen) atoms. The standard InChI is InChI=1S/C23H38N4O5S.HI/c1-7-8-9-10-14-30-20-19(25-33-26-20)18-12-11-13-27(6,15-18)16-31-21(28)17(2)24-22(29)32-23(3,4)5;/h12,17H,7-11,13-16H2,1-6H3;1H/t17-,27?;/m0./s1. The Hall–Kier alpha value is -1.47. The Kier molecular flexibility index (Phi) is 12.7. The zero-order valence-corrected chi connectivity index (χ0v) is 24.2. The molecule has 0 fully saturated rings. The molecule has 9 nitrogen and oxygen atoms in total. The summed E-state index contributed by atoms with van der Waals surface area (Å²) < 4.78 is 26.0. The fraction of sp³-hybridized carbons (Fsp3) is 0.739. The second-order valence-electron chi connectivity index (χ2n) is 9.81. The van der Waals surface area contributed by atoms with Gasteiger partial charge >= 0.3 is 12.1 Å². The van der Waals surface area contributed by atoms with Crippen LogP contribution in [0, 0.1) is 0 Å². The van der Waals surface area contributed by atoms with Crippen LogP contribution in [0.15, 0.2) is 6.08 Å². The quantitative estimate of drug-likeness (QED) is 0.174. The summed E-state index contributed by atoms with van der Waals surface area (Å²) in [6.07, 6.45) is 6.90. The predicted molar refractivity (Wildman–Crippen MR) is 128 cm³/mol. The van der Waals surface area contributed by atoms with Gasteiger partial charge in [0, 0.05) is 12.0 Å². The van der Waals surface area contributed by atoms with Crippen LogP contribution in [0.4, 0.5) is 4.79 Å². The van der Waals surface area contributed by atoms with Gasteiger partial charge in [-0.3, -0.25) is 4.48 Å². The predicted octanol–water partition coefficient (Wildman–Crippen LogP) is 1.15. The summed E-state index contributed by atoms with van der Waals surface area (Å²) in [6.45, 7) is 11.4. The highest BCUT2D eigenvalue weighted by Gasteiger charge is 2.32. The third-order valence-electron chi connectivity index (χ3n) is 5.22. The van der Waals surface area contributed by atoms with E-state index in [0.717, 1.165) is 48.8 Å². The normalized spacial score (nSPS) is 18.8. The van der Waals surface area contributed by atoms with E-state index < -0.39 is 23.7 Å². The van der Waals surface area contributed by atoms with Crippen molar-refractivity contribution < 1.29 is 52.3 Å². The summed E-state index contributed by atoms with van der Waals surface area (Å²) in [5.41, 5.74) is 1.20. The number of ether oxygens (including phenoxy) is 3. The molecule has 1 aromatic rings. The Morgan fingerprint density at radius 1 is 1.24 bits per heavy atom. The first-order chi connectivity index (χ1) is 15.5. The lowest BCUT2D eigenvalue weighted by molar-refractivity contribution is -0.919. The van der Waals surface area contributed by atoms with Crippen molar-refractivity contribution >= 4 is 29.4 Å². The topological polar surface area (TPSA) is 99.6 Å². The summed E-state index contributed by atoms with van der Waals surface area (Å²) in [4.78, 5) is 24.3. The number of aromatic nitrogens is 2. The second-order valence-corrected chi connectivity index (χ2v) is 10.3. The molecule has 2 heterocycles. The largest absolute Gasteiger partial charge is 1.00 e. The minimum absolute atomic E-state index is 0. The van der Waals surface area contributed by atoms with Gasteiger partial charge in [-0.2, -0.15) is 4.37 Å². The van der Waals surface area contributed by atoms with Crippen LogP contribution >= 0.6 is 11.7 Å². The Labute approximate surface area is 224 Å². The van der Waals surface area contributed by atoms with Crippen molar-refractivity contribution in [3.63, 3.8) is 0 Å². The number of rotatable bonds is 11. The number of alkyl carbamates (subject to hydrolysis) is 1. The average molecular weight is 611 g/mol. The van der Waals surface area contributed by atoms with E-state index in [1.54, 1.807) is 27.7 Å². The highest BCUT2D eigenvalue weighted by Crippen LogP contribution is 2.30. The maximum absolute atomic E-state index is 12.4. The molecule has 0 aromatic carbocycles. The van der Waals surface area contributed by atoms with Crippen LogP contribution in [0.5, 0.6) is 5.88 Å². The molecule has 1 N–H and O–H groups in total. The van der Waals surface area contributed by atoms with Gasteiger partial charge in [0.15, 0.2) is 0 Å². The lowest BCUT2D eigenvalue weighted by atomic mass is 10.1. The monoisotopic (exact) mass is 610 g/mol. The van der Waals surface area contributed by atoms with Crippen molar-refractivity contribution in [2.24, 2.45) is 0 Å². The summed E-state index contributed by atoms with van der Waals surface area (Å²) in [6, 6.07) is -0.804. The molecule has 1 aliphatic heterocycles. The molecule has 11 heteroatoms. The molecule has 0 saturated carbocycles. The highest BCUT2D eigenvalue weighted by atomic mass is 127. The second kappa shape index (κ2) is 14.2. The van der Waals surface area contributed by atoms with Gasteiger partial charge in [-0.25, -0.2) is 9.59 Å².